The van der Waals surface area contributed by atoms with E-state index in [1.54, 1.807) is 12.5 Å². The number of piperazine rings is 1. The quantitative estimate of drug-likeness (QED) is 0.302. The Morgan fingerprint density at radius 1 is 0.804 bits per heavy atom. The monoisotopic (exact) mass is 637 g/mol. The summed E-state index contributed by atoms with van der Waals surface area (Å²) in [6.45, 7) is 24.4. The number of nitrogens with zero attached hydrogens (tertiary/aromatic N) is 2. The standard InChI is InChI=1S/C39H63N3O4/c1-26(43)41-20-22-42(23-21-41)32(44)40-39-18-16-33(2,3)24-28(39)27-10-11-30-35(6)14-13-31-36(7,25-45-34(4,5)46-31)29(35)12-15-38(30,9)37(27,8)17-19-39/h10,28-31H,11-25H2,1-9H3,(H,40,44)/t28-,29+,30+,31-,35-,36-,37+,38+,39-/m0/s1. The number of hydrogen-bond acceptors (Lipinski definition) is 4. The van der Waals surface area contributed by atoms with E-state index in [2.05, 4.69) is 66.8 Å². The summed E-state index contributed by atoms with van der Waals surface area (Å²) in [6.07, 6.45) is 14.5. The minimum atomic E-state index is -0.488. The van der Waals surface area contributed by atoms with Gasteiger partial charge < -0.3 is 24.6 Å². The fraction of sp³-hybridized carbons (Fsp3) is 0.897. The highest BCUT2D eigenvalue weighted by Gasteiger charge is 2.70. The second kappa shape index (κ2) is 10.5. The molecular weight excluding hydrogens is 574 g/mol. The number of amides is 3. The Morgan fingerprint density at radius 3 is 2.17 bits per heavy atom. The van der Waals surface area contributed by atoms with Crippen molar-refractivity contribution >= 4 is 11.9 Å². The summed E-state index contributed by atoms with van der Waals surface area (Å²) >= 11 is 0. The van der Waals surface area contributed by atoms with Crippen LogP contribution in [0.15, 0.2) is 11.6 Å². The first-order valence-electron chi connectivity index (χ1n) is 18.7. The molecule has 0 aromatic heterocycles. The lowest BCUT2D eigenvalue weighted by atomic mass is 9.34. The zero-order valence-electron chi connectivity index (χ0n) is 30.5. The number of urea groups is 1. The molecule has 7 aliphatic rings. The summed E-state index contributed by atoms with van der Waals surface area (Å²) in [7, 11) is 0. The van der Waals surface area contributed by atoms with Crippen LogP contribution in [0.5, 0.6) is 0 Å². The number of nitrogens with one attached hydrogen (secondary N) is 1. The molecule has 7 rings (SSSR count). The van der Waals surface area contributed by atoms with Crippen molar-refractivity contribution in [2.75, 3.05) is 32.8 Å². The van der Waals surface area contributed by atoms with E-state index in [0.717, 1.165) is 51.6 Å². The SMILES string of the molecule is CC(=O)N1CCN(C(=O)N[C@]23CCC(C)(C)C[C@H]2C2=CC[C@@H]4[C@@]5(C)CC[C@@H]6OC(C)(C)OC[C@@]6(C)[C@@H]5CC[C@@]4(C)[C@]2(C)CC3)CC1. The maximum atomic E-state index is 13.9. The number of rotatable bonds is 1. The third-order valence-corrected chi connectivity index (χ3v) is 15.9. The van der Waals surface area contributed by atoms with Gasteiger partial charge in [-0.25, -0.2) is 4.79 Å². The van der Waals surface area contributed by atoms with Gasteiger partial charge in [-0.3, -0.25) is 4.79 Å². The molecule has 0 bridgehead atoms. The molecule has 0 aromatic rings. The molecule has 9 atom stereocenters. The third-order valence-electron chi connectivity index (χ3n) is 15.9. The topological polar surface area (TPSA) is 71.1 Å². The van der Waals surface area contributed by atoms with Crippen LogP contribution in [-0.2, 0) is 14.3 Å². The Labute approximate surface area is 278 Å². The van der Waals surface area contributed by atoms with Crippen LogP contribution in [0.2, 0.25) is 0 Å². The number of carbonyl (C=O) groups is 2. The second-order valence-corrected chi connectivity index (χ2v) is 19.1. The Kier molecular flexibility index (Phi) is 7.48. The van der Waals surface area contributed by atoms with Crippen molar-refractivity contribution in [1.82, 2.24) is 15.1 Å². The summed E-state index contributed by atoms with van der Waals surface area (Å²) in [6, 6.07) is 0.0788. The van der Waals surface area contributed by atoms with Crippen molar-refractivity contribution < 1.29 is 19.1 Å². The van der Waals surface area contributed by atoms with Gasteiger partial charge in [-0.1, -0.05) is 53.2 Å². The van der Waals surface area contributed by atoms with E-state index in [0.29, 0.717) is 43.9 Å². The Morgan fingerprint density at radius 2 is 1.48 bits per heavy atom. The molecule has 7 nitrogen and oxygen atoms in total. The van der Waals surface area contributed by atoms with E-state index in [4.69, 9.17) is 9.47 Å². The summed E-state index contributed by atoms with van der Waals surface area (Å²) in [5, 5.41) is 3.73. The molecule has 3 amide bonds. The number of fused-ring (bicyclic) bond motifs is 9. The first kappa shape index (κ1) is 32.9. The van der Waals surface area contributed by atoms with Crippen LogP contribution < -0.4 is 5.32 Å². The molecule has 4 saturated carbocycles. The Balaban J connectivity index is 1.19. The van der Waals surface area contributed by atoms with Crippen molar-refractivity contribution in [2.24, 2.45) is 44.8 Å². The normalized spacial score (nSPS) is 47.6. The summed E-state index contributed by atoms with van der Waals surface area (Å²) in [4.78, 5) is 29.7. The van der Waals surface area contributed by atoms with Crippen molar-refractivity contribution in [3.05, 3.63) is 11.6 Å². The average Bonchev–Trinajstić information content (AvgIpc) is 2.98. The summed E-state index contributed by atoms with van der Waals surface area (Å²) in [5.74, 6) is 1.22. The minimum Gasteiger partial charge on any atom is -0.350 e. The van der Waals surface area contributed by atoms with Gasteiger partial charge in [-0.15, -0.1) is 0 Å². The molecule has 0 aromatic carbocycles. The van der Waals surface area contributed by atoms with E-state index < -0.39 is 5.79 Å². The molecule has 6 fully saturated rings. The molecule has 5 aliphatic carbocycles. The van der Waals surface area contributed by atoms with E-state index in [1.165, 1.54) is 19.3 Å². The van der Waals surface area contributed by atoms with Crippen molar-refractivity contribution in [3.8, 4) is 0 Å². The number of hydrogen-bond donors (Lipinski definition) is 1. The minimum absolute atomic E-state index is 0.0596. The molecule has 2 aliphatic heterocycles. The van der Waals surface area contributed by atoms with E-state index >= 15 is 0 Å². The predicted octanol–water partition coefficient (Wildman–Crippen LogP) is 7.55. The highest BCUT2D eigenvalue weighted by Crippen LogP contribution is 2.75. The van der Waals surface area contributed by atoms with Crippen LogP contribution in [0.1, 0.15) is 127 Å². The molecule has 258 valence electrons. The van der Waals surface area contributed by atoms with Crippen LogP contribution >= 0.6 is 0 Å². The smallest absolute Gasteiger partial charge is 0.317 e. The Hall–Kier alpha value is -1.60. The zero-order valence-corrected chi connectivity index (χ0v) is 30.5. The lowest BCUT2D eigenvalue weighted by Crippen LogP contribution is -2.69. The third kappa shape index (κ3) is 4.70. The first-order valence-corrected chi connectivity index (χ1v) is 18.7. The molecule has 2 heterocycles. The van der Waals surface area contributed by atoms with Gasteiger partial charge in [-0.2, -0.15) is 0 Å². The average molecular weight is 638 g/mol. The van der Waals surface area contributed by atoms with Crippen LogP contribution in [-0.4, -0.2) is 72.0 Å². The maximum Gasteiger partial charge on any atom is 0.317 e. The molecule has 2 saturated heterocycles. The van der Waals surface area contributed by atoms with E-state index in [1.807, 2.05) is 9.80 Å². The molecule has 1 N–H and O–H groups in total. The van der Waals surface area contributed by atoms with Crippen LogP contribution in [0, 0.1) is 44.8 Å². The van der Waals surface area contributed by atoms with Crippen molar-refractivity contribution in [3.63, 3.8) is 0 Å². The molecule has 7 heteroatoms. The fourth-order valence-electron chi connectivity index (χ4n) is 12.9. The van der Waals surface area contributed by atoms with Crippen LogP contribution in [0.3, 0.4) is 0 Å². The zero-order chi connectivity index (χ0) is 33.1. The summed E-state index contributed by atoms with van der Waals surface area (Å²) < 4.78 is 13.0. The van der Waals surface area contributed by atoms with Crippen LogP contribution in [0.4, 0.5) is 4.79 Å². The van der Waals surface area contributed by atoms with E-state index in [9.17, 15) is 9.59 Å². The molecular formula is C39H63N3O4. The molecule has 0 spiro atoms. The largest absolute Gasteiger partial charge is 0.350 e. The molecule has 0 radical (unpaired) electrons. The highest BCUT2D eigenvalue weighted by atomic mass is 16.7. The van der Waals surface area contributed by atoms with Crippen LogP contribution in [0.25, 0.3) is 0 Å². The highest BCUT2D eigenvalue weighted by molar-refractivity contribution is 5.77. The number of carbonyl (C=O) groups excluding carboxylic acids is 2. The Bertz CT molecular complexity index is 1300. The molecule has 0 unspecified atom stereocenters. The van der Waals surface area contributed by atoms with Crippen molar-refractivity contribution in [1.29, 1.82) is 0 Å². The van der Waals surface area contributed by atoms with E-state index in [-0.39, 0.29) is 50.7 Å². The number of ether oxygens (including phenoxy) is 2. The van der Waals surface area contributed by atoms with Gasteiger partial charge in [0, 0.05) is 50.0 Å². The number of allylic oxidation sites excluding steroid dienone is 1. The van der Waals surface area contributed by atoms with Gasteiger partial charge in [0.05, 0.1) is 12.7 Å². The predicted molar refractivity (Wildman–Crippen MR) is 181 cm³/mol. The maximum absolute atomic E-state index is 13.9. The summed E-state index contributed by atoms with van der Waals surface area (Å²) in [5.41, 5.74) is 2.41. The first-order chi connectivity index (χ1) is 21.4. The van der Waals surface area contributed by atoms with Gasteiger partial charge in [0.25, 0.3) is 0 Å². The van der Waals surface area contributed by atoms with Crippen molar-refractivity contribution in [2.45, 2.75) is 144 Å². The lowest BCUT2D eigenvalue weighted by molar-refractivity contribution is -0.351. The van der Waals surface area contributed by atoms with Gasteiger partial charge in [0.2, 0.25) is 5.91 Å². The fourth-order valence-corrected chi connectivity index (χ4v) is 12.9. The van der Waals surface area contributed by atoms with Gasteiger partial charge in [0.1, 0.15) is 0 Å². The van der Waals surface area contributed by atoms with Gasteiger partial charge in [-0.05, 0) is 112 Å². The lowest BCUT2D eigenvalue weighted by Gasteiger charge is -2.72. The van der Waals surface area contributed by atoms with Gasteiger partial charge >= 0.3 is 6.03 Å². The molecule has 46 heavy (non-hydrogen) atoms. The second-order valence-electron chi connectivity index (χ2n) is 19.1. The van der Waals surface area contributed by atoms with Gasteiger partial charge in [0.15, 0.2) is 5.79 Å².